The number of nitrogens with zero attached hydrogens (tertiary/aromatic N) is 1. The molecule has 0 unspecified atom stereocenters. The Bertz CT molecular complexity index is 525. The zero-order chi connectivity index (χ0) is 14.4. The fourth-order valence-corrected chi connectivity index (χ4v) is 4.02. The number of hydrogen-bond donors (Lipinski definition) is 2. The first-order chi connectivity index (χ1) is 9.63. The summed E-state index contributed by atoms with van der Waals surface area (Å²) in [4.78, 5) is 4.22. The van der Waals surface area contributed by atoms with Gasteiger partial charge in [0, 0.05) is 19.3 Å². The summed E-state index contributed by atoms with van der Waals surface area (Å²) in [7, 11) is -3.50. The van der Waals surface area contributed by atoms with E-state index in [0.717, 1.165) is 6.42 Å². The van der Waals surface area contributed by atoms with Gasteiger partial charge in [-0.15, -0.1) is 0 Å². The van der Waals surface area contributed by atoms with Crippen LogP contribution in [0.25, 0.3) is 0 Å². The number of hydrogen-bond acceptors (Lipinski definition) is 4. The first-order valence-electron chi connectivity index (χ1n) is 7.27. The molecule has 0 atom stereocenters. The topological polar surface area (TPSA) is 85.1 Å². The summed E-state index contributed by atoms with van der Waals surface area (Å²) in [5, 5.41) is 0. The smallest absolute Gasteiger partial charge is 0.242 e. The van der Waals surface area contributed by atoms with Crippen LogP contribution < -0.4 is 10.5 Å². The highest BCUT2D eigenvalue weighted by Crippen LogP contribution is 2.26. The monoisotopic (exact) mass is 297 g/mol. The van der Waals surface area contributed by atoms with Crippen LogP contribution in [-0.4, -0.2) is 19.9 Å². The van der Waals surface area contributed by atoms with Gasteiger partial charge in [-0.05, 0) is 24.5 Å². The molecule has 0 radical (unpaired) electrons. The Balaban J connectivity index is 1.93. The van der Waals surface area contributed by atoms with Crippen molar-refractivity contribution in [3.05, 3.63) is 24.0 Å². The molecule has 0 aliphatic heterocycles. The molecule has 1 fully saturated rings. The summed E-state index contributed by atoms with van der Waals surface area (Å²) in [6.45, 7) is 0.617. The summed E-state index contributed by atoms with van der Waals surface area (Å²) in [6.07, 6.45) is 8.79. The molecule has 0 spiro atoms. The average molecular weight is 297 g/mol. The normalized spacial score (nSPS) is 17.2. The van der Waals surface area contributed by atoms with Gasteiger partial charge in [0.2, 0.25) is 10.0 Å². The van der Waals surface area contributed by atoms with Crippen LogP contribution in [0.5, 0.6) is 0 Å². The first kappa shape index (κ1) is 15.4. The van der Waals surface area contributed by atoms with Gasteiger partial charge >= 0.3 is 0 Å². The first-order valence-corrected chi connectivity index (χ1v) is 8.75. The lowest BCUT2D eigenvalue weighted by atomic mass is 9.87. The van der Waals surface area contributed by atoms with Crippen molar-refractivity contribution in [1.82, 2.24) is 9.71 Å². The van der Waals surface area contributed by atoms with E-state index >= 15 is 0 Å². The van der Waals surface area contributed by atoms with Crippen LogP contribution >= 0.6 is 0 Å². The van der Waals surface area contributed by atoms with E-state index in [-0.39, 0.29) is 11.4 Å². The average Bonchev–Trinajstić information content (AvgIpc) is 2.48. The van der Waals surface area contributed by atoms with Gasteiger partial charge in [-0.2, -0.15) is 0 Å². The van der Waals surface area contributed by atoms with E-state index in [2.05, 4.69) is 9.71 Å². The minimum atomic E-state index is -3.50. The molecular weight excluding hydrogens is 274 g/mol. The number of aromatic nitrogens is 1. The van der Waals surface area contributed by atoms with E-state index < -0.39 is 10.0 Å². The van der Waals surface area contributed by atoms with Crippen LogP contribution in [0.2, 0.25) is 0 Å². The lowest BCUT2D eigenvalue weighted by molar-refractivity contribution is 0.339. The fraction of sp³-hybridized carbons (Fsp3) is 0.643. The van der Waals surface area contributed by atoms with Gasteiger partial charge in [-0.3, -0.25) is 4.98 Å². The quantitative estimate of drug-likeness (QED) is 0.838. The number of nitrogens with two attached hydrogens (primary N) is 1. The third kappa shape index (κ3) is 4.01. The molecule has 1 saturated carbocycles. The van der Waals surface area contributed by atoms with Crippen molar-refractivity contribution < 1.29 is 8.42 Å². The second-order valence-electron chi connectivity index (χ2n) is 5.34. The largest absolute Gasteiger partial charge is 0.325 e. The molecule has 1 heterocycles. The zero-order valence-corrected chi connectivity index (χ0v) is 12.5. The molecule has 2 rings (SSSR count). The van der Waals surface area contributed by atoms with Gasteiger partial charge in [-0.1, -0.05) is 32.1 Å². The van der Waals surface area contributed by atoms with Crippen LogP contribution in [0, 0.1) is 5.92 Å². The maximum Gasteiger partial charge on any atom is 0.242 e. The molecule has 112 valence electrons. The summed E-state index contributed by atoms with van der Waals surface area (Å²) < 4.78 is 27.2. The van der Waals surface area contributed by atoms with Gasteiger partial charge in [0.15, 0.2) is 0 Å². The van der Waals surface area contributed by atoms with Crippen molar-refractivity contribution in [1.29, 1.82) is 0 Å². The van der Waals surface area contributed by atoms with E-state index in [1.165, 1.54) is 32.1 Å². The highest BCUT2D eigenvalue weighted by molar-refractivity contribution is 7.89. The predicted molar refractivity (Wildman–Crippen MR) is 78.5 cm³/mol. The maximum absolute atomic E-state index is 12.2. The van der Waals surface area contributed by atoms with Crippen molar-refractivity contribution >= 4 is 10.0 Å². The van der Waals surface area contributed by atoms with Gasteiger partial charge in [0.1, 0.15) is 4.90 Å². The molecule has 1 aliphatic carbocycles. The van der Waals surface area contributed by atoms with E-state index in [4.69, 9.17) is 5.73 Å². The summed E-state index contributed by atoms with van der Waals surface area (Å²) >= 11 is 0. The van der Waals surface area contributed by atoms with Crippen LogP contribution in [0.3, 0.4) is 0 Å². The number of nitrogens with one attached hydrogen (secondary N) is 1. The summed E-state index contributed by atoms with van der Waals surface area (Å²) in [6, 6.07) is 3.17. The van der Waals surface area contributed by atoms with E-state index in [0.29, 0.717) is 18.2 Å². The highest BCUT2D eigenvalue weighted by Gasteiger charge is 2.19. The van der Waals surface area contributed by atoms with Crippen LogP contribution in [0.4, 0.5) is 0 Å². The lowest BCUT2D eigenvalue weighted by Gasteiger charge is -2.21. The Labute approximate surface area is 121 Å². The molecular formula is C14H23N3O2S. The van der Waals surface area contributed by atoms with Crippen molar-refractivity contribution in [2.45, 2.75) is 50.0 Å². The van der Waals surface area contributed by atoms with Gasteiger partial charge in [0.05, 0.1) is 5.69 Å². The standard InChI is InChI=1S/C14H23N3O2S/c15-11-13-14(7-4-9-16-13)20(18,19)17-10-8-12-5-2-1-3-6-12/h4,7,9,12,17H,1-3,5-6,8,10-11,15H2. The lowest BCUT2D eigenvalue weighted by Crippen LogP contribution is -2.28. The Kier molecular flexibility index (Phi) is 5.51. The Morgan fingerprint density at radius 1 is 1.30 bits per heavy atom. The third-order valence-electron chi connectivity index (χ3n) is 3.90. The van der Waals surface area contributed by atoms with Crippen LogP contribution in [0.1, 0.15) is 44.2 Å². The molecule has 0 bridgehead atoms. The molecule has 3 N–H and O–H groups in total. The highest BCUT2D eigenvalue weighted by atomic mass is 32.2. The van der Waals surface area contributed by atoms with E-state index in [9.17, 15) is 8.42 Å². The van der Waals surface area contributed by atoms with Crippen molar-refractivity contribution in [3.63, 3.8) is 0 Å². The van der Waals surface area contributed by atoms with Crippen molar-refractivity contribution in [3.8, 4) is 0 Å². The SMILES string of the molecule is NCc1ncccc1S(=O)(=O)NCCC1CCCCC1. The van der Waals surface area contributed by atoms with Crippen LogP contribution in [-0.2, 0) is 16.6 Å². The van der Waals surface area contributed by atoms with Gasteiger partial charge in [0.25, 0.3) is 0 Å². The molecule has 0 amide bonds. The molecule has 1 aliphatic rings. The molecule has 0 saturated heterocycles. The Morgan fingerprint density at radius 3 is 2.75 bits per heavy atom. The minimum Gasteiger partial charge on any atom is -0.325 e. The van der Waals surface area contributed by atoms with E-state index in [1.807, 2.05) is 0 Å². The van der Waals surface area contributed by atoms with Crippen LogP contribution in [0.15, 0.2) is 23.2 Å². The molecule has 0 aromatic carbocycles. The molecule has 1 aromatic rings. The van der Waals surface area contributed by atoms with E-state index in [1.54, 1.807) is 18.3 Å². The Hall–Kier alpha value is -0.980. The maximum atomic E-state index is 12.2. The molecule has 5 nitrogen and oxygen atoms in total. The second-order valence-corrected chi connectivity index (χ2v) is 7.08. The number of sulfonamides is 1. The van der Waals surface area contributed by atoms with Crippen molar-refractivity contribution in [2.75, 3.05) is 6.54 Å². The third-order valence-corrected chi connectivity index (χ3v) is 5.44. The second kappa shape index (κ2) is 7.15. The van der Waals surface area contributed by atoms with Gasteiger partial charge in [-0.25, -0.2) is 13.1 Å². The predicted octanol–water partition coefficient (Wildman–Crippen LogP) is 1.79. The molecule has 6 heteroatoms. The summed E-state index contributed by atoms with van der Waals surface area (Å²) in [5.41, 5.74) is 5.95. The number of rotatable bonds is 6. The van der Waals surface area contributed by atoms with Crippen molar-refractivity contribution in [2.24, 2.45) is 11.7 Å². The molecule has 20 heavy (non-hydrogen) atoms. The zero-order valence-electron chi connectivity index (χ0n) is 11.7. The van der Waals surface area contributed by atoms with Gasteiger partial charge < -0.3 is 5.73 Å². The fourth-order valence-electron chi connectivity index (χ4n) is 2.77. The summed E-state index contributed by atoms with van der Waals surface area (Å²) in [5.74, 6) is 0.661. The number of pyridine rings is 1. The molecule has 1 aromatic heterocycles. The minimum absolute atomic E-state index is 0.125. The Morgan fingerprint density at radius 2 is 2.05 bits per heavy atom.